The maximum absolute atomic E-state index is 9.59. The standard InChI is InChI=1S/C8H9N.CH4N2O4S/c1-2-4-8-7(3-1)5-6-9-8;2-1(4)3-8(5,6)7/h1-4,9H,5-6H2;(H3,2,3,4)(H,5,6,7). The minimum absolute atomic E-state index is 1.05. The van der Waals surface area contributed by atoms with Crippen LogP contribution in [-0.4, -0.2) is 25.5 Å². The lowest BCUT2D eigenvalue weighted by atomic mass is 10.2. The average Bonchev–Trinajstić information content (AvgIpc) is 2.61. The Morgan fingerprint density at radius 1 is 1.41 bits per heavy atom. The van der Waals surface area contributed by atoms with Crippen molar-refractivity contribution in [3.8, 4) is 0 Å². The number of fused-ring (bicyclic) bond motifs is 1. The number of rotatable bonds is 1. The first kappa shape index (κ1) is 13.3. The summed E-state index contributed by atoms with van der Waals surface area (Å²) in [4.78, 5) is 9.59. The van der Waals surface area contributed by atoms with Crippen molar-refractivity contribution in [2.45, 2.75) is 6.42 Å². The van der Waals surface area contributed by atoms with Crippen molar-refractivity contribution < 1.29 is 17.8 Å². The topological polar surface area (TPSA) is 122 Å². The van der Waals surface area contributed by atoms with Crippen LogP contribution in [0.15, 0.2) is 24.3 Å². The van der Waals surface area contributed by atoms with E-state index in [1.54, 1.807) is 0 Å². The number of carbonyl (C=O) groups is 1. The van der Waals surface area contributed by atoms with Crippen molar-refractivity contribution in [3.63, 3.8) is 0 Å². The summed E-state index contributed by atoms with van der Waals surface area (Å²) in [7, 11) is -4.45. The summed E-state index contributed by atoms with van der Waals surface area (Å²) in [6.45, 7) is 1.11. The van der Waals surface area contributed by atoms with Gasteiger partial charge in [-0.2, -0.15) is 8.42 Å². The van der Waals surface area contributed by atoms with Crippen LogP contribution in [0.3, 0.4) is 0 Å². The molecule has 8 heteroatoms. The van der Waals surface area contributed by atoms with Crippen LogP contribution in [0.25, 0.3) is 0 Å². The number of nitrogens with one attached hydrogen (secondary N) is 2. The number of anilines is 1. The summed E-state index contributed by atoms with van der Waals surface area (Å²) >= 11 is 0. The predicted octanol–water partition coefficient (Wildman–Crippen LogP) is 0.112. The first-order valence-corrected chi connectivity index (χ1v) is 6.19. The van der Waals surface area contributed by atoms with Gasteiger partial charge in [-0.15, -0.1) is 0 Å². The second-order valence-corrected chi connectivity index (χ2v) is 4.43. The van der Waals surface area contributed by atoms with Gasteiger partial charge in [-0.3, -0.25) is 4.55 Å². The van der Waals surface area contributed by atoms with E-state index >= 15 is 0 Å². The van der Waals surface area contributed by atoms with Crippen molar-refractivity contribution in [1.82, 2.24) is 4.72 Å². The summed E-state index contributed by atoms with van der Waals surface area (Å²) < 4.78 is 28.0. The van der Waals surface area contributed by atoms with Crippen molar-refractivity contribution in [1.29, 1.82) is 0 Å². The van der Waals surface area contributed by atoms with E-state index in [1.807, 2.05) is 0 Å². The summed E-state index contributed by atoms with van der Waals surface area (Å²) in [5.41, 5.74) is 7.06. The normalized spacial score (nSPS) is 12.8. The third kappa shape index (κ3) is 5.18. The third-order valence-corrected chi connectivity index (χ3v) is 2.42. The predicted molar refractivity (Wildman–Crippen MR) is 62.9 cm³/mol. The van der Waals surface area contributed by atoms with Crippen LogP contribution < -0.4 is 15.8 Å². The Morgan fingerprint density at radius 3 is 2.53 bits per heavy atom. The van der Waals surface area contributed by atoms with E-state index in [1.165, 1.54) is 17.7 Å². The first-order valence-electron chi connectivity index (χ1n) is 4.75. The number of primary amides is 1. The molecule has 0 atom stereocenters. The minimum atomic E-state index is -4.45. The molecule has 0 radical (unpaired) electrons. The Morgan fingerprint density at radius 2 is 2.06 bits per heavy atom. The van der Waals surface area contributed by atoms with Crippen LogP contribution in [0.2, 0.25) is 0 Å². The molecule has 2 amide bonds. The van der Waals surface area contributed by atoms with Gasteiger partial charge in [0.25, 0.3) is 0 Å². The largest absolute Gasteiger partial charge is 0.384 e. The monoisotopic (exact) mass is 259 g/mol. The van der Waals surface area contributed by atoms with Crippen LogP contribution in [0.4, 0.5) is 10.5 Å². The van der Waals surface area contributed by atoms with Gasteiger partial charge in [0.2, 0.25) is 0 Å². The molecule has 1 aliphatic rings. The molecule has 1 heterocycles. The number of amides is 2. The van der Waals surface area contributed by atoms with E-state index in [-0.39, 0.29) is 0 Å². The Balaban J connectivity index is 0.000000172. The fourth-order valence-corrected chi connectivity index (χ4v) is 1.62. The van der Waals surface area contributed by atoms with Crippen LogP contribution in [0, 0.1) is 0 Å². The second kappa shape index (κ2) is 5.51. The fourth-order valence-electron chi connectivity index (χ4n) is 1.37. The lowest BCUT2D eigenvalue weighted by Crippen LogP contribution is -2.34. The van der Waals surface area contributed by atoms with Gasteiger partial charge in [-0.25, -0.2) is 9.52 Å². The summed E-state index contributed by atoms with van der Waals surface area (Å²) in [5, 5.41) is 3.30. The quantitative estimate of drug-likeness (QED) is 0.533. The minimum Gasteiger partial charge on any atom is -0.384 e. The molecule has 5 N–H and O–H groups in total. The highest BCUT2D eigenvalue weighted by Crippen LogP contribution is 2.19. The SMILES string of the molecule is NC(=O)NS(=O)(=O)O.c1ccc2c(c1)CCN2. The molecule has 1 aliphatic heterocycles. The number of carbonyl (C=O) groups excluding carboxylic acids is 1. The molecule has 0 unspecified atom stereocenters. The molecule has 17 heavy (non-hydrogen) atoms. The zero-order chi connectivity index (χ0) is 12.9. The molecule has 0 fully saturated rings. The molecule has 0 aromatic heterocycles. The molecule has 1 aromatic carbocycles. The van der Waals surface area contributed by atoms with Crippen molar-refractivity contribution >= 4 is 22.0 Å². The molecule has 0 saturated heterocycles. The summed E-state index contributed by atoms with van der Waals surface area (Å²) in [6.07, 6.45) is 1.19. The zero-order valence-corrected chi connectivity index (χ0v) is 9.70. The van der Waals surface area contributed by atoms with E-state index in [9.17, 15) is 13.2 Å². The van der Waals surface area contributed by atoms with Gasteiger partial charge in [-0.05, 0) is 18.1 Å². The Bertz CT molecular complexity index is 478. The first-order chi connectivity index (χ1) is 7.88. The van der Waals surface area contributed by atoms with E-state index in [2.05, 4.69) is 35.3 Å². The summed E-state index contributed by atoms with van der Waals surface area (Å²) in [6, 6.07) is 7.15. The van der Waals surface area contributed by atoms with Crippen LogP contribution in [0.5, 0.6) is 0 Å². The maximum Gasteiger partial charge on any atom is 0.361 e. The zero-order valence-electron chi connectivity index (χ0n) is 8.88. The Labute approximate surface area is 98.9 Å². The maximum atomic E-state index is 9.59. The molecule has 0 aliphatic carbocycles. The molecule has 7 nitrogen and oxygen atoms in total. The highest BCUT2D eigenvalue weighted by Gasteiger charge is 2.06. The van der Waals surface area contributed by atoms with Gasteiger partial charge in [0.1, 0.15) is 0 Å². The number of hydrogen-bond donors (Lipinski definition) is 4. The molecular weight excluding hydrogens is 246 g/mol. The van der Waals surface area contributed by atoms with Crippen LogP contribution in [-0.2, 0) is 16.7 Å². The van der Waals surface area contributed by atoms with Crippen molar-refractivity contribution in [3.05, 3.63) is 29.8 Å². The molecule has 0 spiro atoms. The highest BCUT2D eigenvalue weighted by molar-refractivity contribution is 7.84. The van der Waals surface area contributed by atoms with E-state index < -0.39 is 16.3 Å². The van der Waals surface area contributed by atoms with Gasteiger partial charge in [0.15, 0.2) is 0 Å². The second-order valence-electron chi connectivity index (χ2n) is 3.28. The van der Waals surface area contributed by atoms with Gasteiger partial charge >= 0.3 is 16.3 Å². The van der Waals surface area contributed by atoms with Gasteiger partial charge < -0.3 is 11.1 Å². The number of para-hydroxylation sites is 1. The summed E-state index contributed by atoms with van der Waals surface area (Å²) in [5.74, 6) is 0. The molecule has 94 valence electrons. The number of hydrogen-bond acceptors (Lipinski definition) is 4. The Hall–Kier alpha value is -1.80. The van der Waals surface area contributed by atoms with E-state index in [0.717, 1.165) is 11.3 Å². The van der Waals surface area contributed by atoms with Crippen molar-refractivity contribution in [2.24, 2.45) is 5.73 Å². The molecule has 0 bridgehead atoms. The highest BCUT2D eigenvalue weighted by atomic mass is 32.2. The molecule has 1 aromatic rings. The van der Waals surface area contributed by atoms with Crippen LogP contribution in [0.1, 0.15) is 5.56 Å². The third-order valence-electron chi connectivity index (χ3n) is 1.96. The lowest BCUT2D eigenvalue weighted by Gasteiger charge is -1.94. The van der Waals surface area contributed by atoms with Crippen LogP contribution >= 0.6 is 0 Å². The fraction of sp³-hybridized carbons (Fsp3) is 0.222. The number of nitrogens with two attached hydrogens (primary N) is 1. The van der Waals surface area contributed by atoms with Gasteiger partial charge in [0, 0.05) is 12.2 Å². The smallest absolute Gasteiger partial charge is 0.361 e. The van der Waals surface area contributed by atoms with E-state index in [0.29, 0.717) is 0 Å². The molecule has 2 rings (SSSR count). The molecule has 0 saturated carbocycles. The number of urea groups is 1. The van der Waals surface area contributed by atoms with Crippen molar-refractivity contribution in [2.75, 3.05) is 11.9 Å². The Kier molecular flexibility index (Phi) is 4.30. The van der Waals surface area contributed by atoms with E-state index in [4.69, 9.17) is 4.55 Å². The van der Waals surface area contributed by atoms with Gasteiger partial charge in [0.05, 0.1) is 0 Å². The average molecular weight is 259 g/mol. The molecular formula is C9H13N3O4S. The number of benzene rings is 1. The van der Waals surface area contributed by atoms with Gasteiger partial charge in [-0.1, -0.05) is 18.2 Å². The lowest BCUT2D eigenvalue weighted by molar-refractivity contribution is 0.252.